The van der Waals surface area contributed by atoms with Gasteiger partial charge in [0.2, 0.25) is 0 Å². The lowest BCUT2D eigenvalue weighted by atomic mass is 10.1. The van der Waals surface area contributed by atoms with E-state index < -0.39 is 11.8 Å². The third-order valence-electron chi connectivity index (χ3n) is 4.17. The molecular formula is C22H18FN3O2. The van der Waals surface area contributed by atoms with E-state index in [1.165, 1.54) is 12.1 Å². The van der Waals surface area contributed by atoms with Crippen molar-refractivity contribution in [2.24, 2.45) is 0 Å². The van der Waals surface area contributed by atoms with Gasteiger partial charge in [-0.2, -0.15) is 5.26 Å². The summed E-state index contributed by atoms with van der Waals surface area (Å²) >= 11 is 0. The van der Waals surface area contributed by atoms with E-state index in [0.717, 1.165) is 36.5 Å². The predicted molar refractivity (Wildman–Crippen MR) is 102 cm³/mol. The third kappa shape index (κ3) is 4.57. The molecule has 6 heteroatoms. The minimum atomic E-state index is -0.763. The number of carbonyl (C=O) groups is 1. The number of benzene rings is 2. The lowest BCUT2D eigenvalue weighted by Crippen LogP contribution is -2.09. The molecule has 0 bridgehead atoms. The van der Waals surface area contributed by atoms with Gasteiger partial charge in [0.15, 0.2) is 17.4 Å². The van der Waals surface area contributed by atoms with E-state index >= 15 is 0 Å². The number of rotatable bonds is 6. The van der Waals surface area contributed by atoms with Crippen LogP contribution < -0.4 is 4.74 Å². The van der Waals surface area contributed by atoms with Crippen molar-refractivity contribution < 1.29 is 13.9 Å². The summed E-state index contributed by atoms with van der Waals surface area (Å²) in [6.07, 6.45) is 6.79. The minimum Gasteiger partial charge on any atom is -0.420 e. The topological polar surface area (TPSA) is 75.9 Å². The molecular weight excluding hydrogens is 357 g/mol. The van der Waals surface area contributed by atoms with Gasteiger partial charge in [-0.25, -0.2) is 19.2 Å². The highest BCUT2D eigenvalue weighted by molar-refractivity contribution is 5.91. The van der Waals surface area contributed by atoms with E-state index in [-0.39, 0.29) is 16.9 Å². The Labute approximate surface area is 162 Å². The second kappa shape index (κ2) is 8.87. The predicted octanol–water partition coefficient (Wildman–Crippen LogP) is 4.72. The second-order valence-electron chi connectivity index (χ2n) is 6.24. The molecule has 0 aliphatic carbocycles. The fourth-order valence-corrected chi connectivity index (χ4v) is 2.58. The molecule has 0 atom stereocenters. The first-order valence-electron chi connectivity index (χ1n) is 8.94. The van der Waals surface area contributed by atoms with Crippen molar-refractivity contribution in [1.29, 1.82) is 5.26 Å². The van der Waals surface area contributed by atoms with Crippen molar-refractivity contribution in [3.63, 3.8) is 0 Å². The van der Waals surface area contributed by atoms with Gasteiger partial charge < -0.3 is 4.74 Å². The van der Waals surface area contributed by atoms with Gasteiger partial charge in [-0.3, -0.25) is 0 Å². The number of nitriles is 1. The van der Waals surface area contributed by atoms with Crippen LogP contribution >= 0.6 is 0 Å². The maximum Gasteiger partial charge on any atom is 0.343 e. The number of carbonyl (C=O) groups excluding carboxylic acids is 1. The summed E-state index contributed by atoms with van der Waals surface area (Å²) < 4.78 is 18.9. The van der Waals surface area contributed by atoms with Crippen LogP contribution in [0.4, 0.5) is 4.39 Å². The monoisotopic (exact) mass is 375 g/mol. The summed E-state index contributed by atoms with van der Waals surface area (Å²) in [5.41, 5.74) is 2.29. The van der Waals surface area contributed by atoms with Gasteiger partial charge in [0.1, 0.15) is 0 Å². The first-order valence-corrected chi connectivity index (χ1v) is 8.94. The molecule has 3 aromatic rings. The van der Waals surface area contributed by atoms with Crippen molar-refractivity contribution in [2.45, 2.75) is 26.2 Å². The molecule has 0 spiro atoms. The Bertz CT molecular complexity index is 1010. The number of hydrogen-bond acceptors (Lipinski definition) is 5. The van der Waals surface area contributed by atoms with Gasteiger partial charge in [-0.15, -0.1) is 0 Å². The van der Waals surface area contributed by atoms with Crippen molar-refractivity contribution in [3.05, 3.63) is 77.4 Å². The van der Waals surface area contributed by atoms with Crippen LogP contribution in [0.3, 0.4) is 0 Å². The van der Waals surface area contributed by atoms with Gasteiger partial charge in [-0.05, 0) is 48.7 Å². The number of halogens is 1. The summed E-state index contributed by atoms with van der Waals surface area (Å²) in [5, 5.41) is 8.75. The van der Waals surface area contributed by atoms with Crippen LogP contribution in [-0.2, 0) is 6.42 Å². The Morgan fingerprint density at radius 3 is 2.46 bits per heavy atom. The number of unbranched alkanes of at least 4 members (excludes halogenated alkanes) is 1. The maximum atomic E-state index is 13.9. The number of ether oxygens (including phenoxy) is 1. The van der Waals surface area contributed by atoms with E-state index in [2.05, 4.69) is 16.9 Å². The molecule has 0 aliphatic heterocycles. The molecule has 0 N–H and O–H groups in total. The zero-order valence-corrected chi connectivity index (χ0v) is 15.4. The van der Waals surface area contributed by atoms with Gasteiger partial charge >= 0.3 is 5.97 Å². The molecule has 0 amide bonds. The molecule has 0 radical (unpaired) electrons. The second-order valence-corrected chi connectivity index (χ2v) is 6.24. The summed E-state index contributed by atoms with van der Waals surface area (Å²) in [6, 6.07) is 12.1. The molecule has 0 saturated carbocycles. The zero-order valence-electron chi connectivity index (χ0n) is 15.4. The molecule has 0 aliphatic rings. The summed E-state index contributed by atoms with van der Waals surface area (Å²) in [4.78, 5) is 21.0. The van der Waals surface area contributed by atoms with Crippen LogP contribution in [0.15, 0.2) is 54.9 Å². The number of nitrogens with zero attached hydrogens (tertiary/aromatic N) is 3. The first-order chi connectivity index (χ1) is 13.6. The molecule has 5 nitrogen and oxygen atoms in total. The smallest absolute Gasteiger partial charge is 0.343 e. The zero-order chi connectivity index (χ0) is 19.9. The number of aromatic nitrogens is 2. The molecule has 3 rings (SSSR count). The van der Waals surface area contributed by atoms with Gasteiger partial charge in [0, 0.05) is 18.0 Å². The van der Waals surface area contributed by atoms with E-state index in [4.69, 9.17) is 10.00 Å². The number of aryl methyl sites for hydroxylation is 1. The van der Waals surface area contributed by atoms with Crippen molar-refractivity contribution in [2.75, 3.05) is 0 Å². The Balaban J connectivity index is 1.70. The molecule has 1 heterocycles. The fourth-order valence-electron chi connectivity index (χ4n) is 2.58. The molecule has 1 aromatic heterocycles. The normalized spacial score (nSPS) is 10.3. The third-order valence-corrected chi connectivity index (χ3v) is 4.17. The van der Waals surface area contributed by atoms with Crippen LogP contribution in [0.2, 0.25) is 0 Å². The molecule has 140 valence electrons. The van der Waals surface area contributed by atoms with Crippen LogP contribution in [0.5, 0.6) is 5.75 Å². The maximum absolute atomic E-state index is 13.9. The van der Waals surface area contributed by atoms with Gasteiger partial charge in [-0.1, -0.05) is 25.5 Å². The largest absolute Gasteiger partial charge is 0.420 e. The lowest BCUT2D eigenvalue weighted by molar-refractivity contribution is 0.0728. The Morgan fingerprint density at radius 1 is 1.14 bits per heavy atom. The van der Waals surface area contributed by atoms with Crippen molar-refractivity contribution in [3.8, 4) is 23.2 Å². The SMILES string of the molecule is CCCCc1cnc(-c2ccc(C(=O)Oc3ccc(C#N)cc3F)cc2)nc1. The molecule has 28 heavy (non-hydrogen) atoms. The van der Waals surface area contributed by atoms with E-state index in [1.54, 1.807) is 24.3 Å². The van der Waals surface area contributed by atoms with Crippen molar-refractivity contribution in [1.82, 2.24) is 9.97 Å². The van der Waals surface area contributed by atoms with Gasteiger partial charge in [0.05, 0.1) is 17.2 Å². The van der Waals surface area contributed by atoms with Crippen LogP contribution in [0.25, 0.3) is 11.4 Å². The highest BCUT2D eigenvalue weighted by atomic mass is 19.1. The molecule has 2 aromatic carbocycles. The molecule has 0 saturated heterocycles. The first kappa shape index (κ1) is 19.2. The van der Waals surface area contributed by atoms with E-state index in [1.807, 2.05) is 18.5 Å². The Hall–Kier alpha value is -3.59. The quantitative estimate of drug-likeness (QED) is 0.460. The summed E-state index contributed by atoms with van der Waals surface area (Å²) in [5.74, 6) is -1.11. The van der Waals surface area contributed by atoms with Gasteiger partial charge in [0.25, 0.3) is 0 Å². The van der Waals surface area contributed by atoms with Crippen LogP contribution in [-0.4, -0.2) is 15.9 Å². The molecule has 0 fully saturated rings. The highest BCUT2D eigenvalue weighted by Gasteiger charge is 2.13. The average Bonchev–Trinajstić information content (AvgIpc) is 2.74. The summed E-state index contributed by atoms with van der Waals surface area (Å²) in [7, 11) is 0. The van der Waals surface area contributed by atoms with Crippen molar-refractivity contribution >= 4 is 5.97 Å². The lowest BCUT2D eigenvalue weighted by Gasteiger charge is -2.07. The van der Waals surface area contributed by atoms with E-state index in [0.29, 0.717) is 5.82 Å². The summed E-state index contributed by atoms with van der Waals surface area (Å²) in [6.45, 7) is 2.14. The minimum absolute atomic E-state index is 0.155. The fraction of sp³-hybridized carbons (Fsp3) is 0.182. The Morgan fingerprint density at radius 2 is 1.86 bits per heavy atom. The van der Waals surface area contributed by atoms with Crippen LogP contribution in [0, 0.1) is 17.1 Å². The van der Waals surface area contributed by atoms with E-state index in [9.17, 15) is 9.18 Å². The standard InChI is InChI=1S/C22H18FN3O2/c1-2-3-4-16-13-25-21(26-14-16)17-6-8-18(9-7-17)22(27)28-20-10-5-15(12-24)11-19(20)23/h5-11,13-14H,2-4H2,1H3. The Kier molecular flexibility index (Phi) is 6.07. The highest BCUT2D eigenvalue weighted by Crippen LogP contribution is 2.21. The van der Waals surface area contributed by atoms with Crippen LogP contribution in [0.1, 0.15) is 41.3 Å². The number of hydrogen-bond donors (Lipinski definition) is 0. The number of esters is 1. The average molecular weight is 375 g/mol. The molecule has 0 unspecified atom stereocenters.